The van der Waals surface area contributed by atoms with Crippen LogP contribution in [0.2, 0.25) is 0 Å². The molecule has 3 aromatic rings. The Balaban J connectivity index is 1.53. The van der Waals surface area contributed by atoms with E-state index < -0.39 is 11.2 Å². The first-order chi connectivity index (χ1) is 12.0. The zero-order valence-electron chi connectivity index (χ0n) is 13.4. The van der Waals surface area contributed by atoms with Crippen molar-refractivity contribution in [1.29, 1.82) is 0 Å². The molecule has 0 saturated heterocycles. The van der Waals surface area contributed by atoms with Gasteiger partial charge in [0.05, 0.1) is 12.2 Å². The van der Waals surface area contributed by atoms with Crippen LogP contribution in [0.25, 0.3) is 11.5 Å². The Hall–Kier alpha value is -3.43. The molecule has 0 bridgehead atoms. The van der Waals surface area contributed by atoms with E-state index in [0.717, 1.165) is 5.69 Å². The first kappa shape index (κ1) is 16.4. The van der Waals surface area contributed by atoms with Crippen LogP contribution in [-0.4, -0.2) is 30.2 Å². The highest BCUT2D eigenvalue weighted by molar-refractivity contribution is 5.75. The average Bonchev–Trinajstić information content (AvgIpc) is 3.20. The summed E-state index contributed by atoms with van der Waals surface area (Å²) in [4.78, 5) is 40.7. The number of amides is 1. The van der Waals surface area contributed by atoms with Crippen LogP contribution in [0.3, 0.4) is 0 Å². The normalized spacial score (nSPS) is 10.8. The highest BCUT2D eigenvalue weighted by atomic mass is 16.5. The standard InChI is InChI=1S/C15H16N6O4/c1-20-6-2-3-10(20)14-18-13(25-19-14)9-16-11(22)4-7-21-8-5-12(23)17-15(21)24/h2-3,5-6,8H,4,7,9H2,1H3,(H,16,22)(H,17,23,24). The van der Waals surface area contributed by atoms with Crippen LogP contribution >= 0.6 is 0 Å². The number of aromatic nitrogens is 5. The lowest BCUT2D eigenvalue weighted by Gasteiger charge is -2.04. The molecular weight excluding hydrogens is 328 g/mol. The fraction of sp³-hybridized carbons (Fsp3) is 0.267. The van der Waals surface area contributed by atoms with Gasteiger partial charge >= 0.3 is 5.69 Å². The molecule has 0 aromatic carbocycles. The van der Waals surface area contributed by atoms with Gasteiger partial charge in [-0.15, -0.1) is 0 Å². The highest BCUT2D eigenvalue weighted by Crippen LogP contribution is 2.15. The van der Waals surface area contributed by atoms with E-state index in [1.165, 1.54) is 16.8 Å². The lowest BCUT2D eigenvalue weighted by atomic mass is 10.4. The third kappa shape index (κ3) is 3.91. The topological polar surface area (TPSA) is 128 Å². The van der Waals surface area contributed by atoms with E-state index in [-0.39, 0.29) is 31.3 Å². The fourth-order valence-electron chi connectivity index (χ4n) is 2.23. The van der Waals surface area contributed by atoms with Crippen molar-refractivity contribution in [2.75, 3.05) is 0 Å². The first-order valence-corrected chi connectivity index (χ1v) is 7.53. The molecular formula is C15H16N6O4. The van der Waals surface area contributed by atoms with Crippen LogP contribution in [0.15, 0.2) is 44.7 Å². The van der Waals surface area contributed by atoms with Gasteiger partial charge in [0.25, 0.3) is 5.56 Å². The van der Waals surface area contributed by atoms with Crippen LogP contribution in [0.4, 0.5) is 0 Å². The van der Waals surface area contributed by atoms with Gasteiger partial charge in [-0.05, 0) is 12.1 Å². The molecule has 0 radical (unpaired) electrons. The van der Waals surface area contributed by atoms with Gasteiger partial charge in [0.2, 0.25) is 17.6 Å². The fourth-order valence-corrected chi connectivity index (χ4v) is 2.23. The molecule has 0 aliphatic rings. The monoisotopic (exact) mass is 344 g/mol. The second-order valence-electron chi connectivity index (χ2n) is 5.35. The van der Waals surface area contributed by atoms with Crippen molar-refractivity contribution >= 4 is 5.91 Å². The Bertz CT molecular complexity index is 996. The summed E-state index contributed by atoms with van der Waals surface area (Å²) in [6.45, 7) is 0.247. The minimum atomic E-state index is -0.551. The molecule has 2 N–H and O–H groups in total. The summed E-state index contributed by atoms with van der Waals surface area (Å²) >= 11 is 0. The molecule has 0 unspecified atom stereocenters. The van der Waals surface area contributed by atoms with Crippen molar-refractivity contribution in [1.82, 2.24) is 29.6 Å². The Kier molecular flexibility index (Phi) is 4.59. The largest absolute Gasteiger partial charge is 0.348 e. The quantitative estimate of drug-likeness (QED) is 0.628. The lowest BCUT2D eigenvalue weighted by Crippen LogP contribution is -2.31. The smallest absolute Gasteiger partial charge is 0.328 e. The maximum absolute atomic E-state index is 11.9. The molecule has 25 heavy (non-hydrogen) atoms. The molecule has 0 aliphatic carbocycles. The number of hydrogen-bond acceptors (Lipinski definition) is 6. The van der Waals surface area contributed by atoms with Gasteiger partial charge in [-0.2, -0.15) is 4.98 Å². The van der Waals surface area contributed by atoms with E-state index >= 15 is 0 Å². The van der Waals surface area contributed by atoms with Gasteiger partial charge in [-0.3, -0.25) is 14.6 Å². The summed E-state index contributed by atoms with van der Waals surface area (Å²) in [5, 5.41) is 6.52. The molecule has 0 fully saturated rings. The zero-order chi connectivity index (χ0) is 17.8. The third-order valence-electron chi connectivity index (χ3n) is 3.55. The van der Waals surface area contributed by atoms with E-state index in [0.29, 0.717) is 5.82 Å². The summed E-state index contributed by atoms with van der Waals surface area (Å²) in [6.07, 6.45) is 3.29. The van der Waals surface area contributed by atoms with E-state index in [4.69, 9.17) is 4.52 Å². The summed E-state index contributed by atoms with van der Waals surface area (Å²) in [5.74, 6) is 0.444. The Morgan fingerprint density at radius 1 is 1.32 bits per heavy atom. The van der Waals surface area contributed by atoms with Gasteiger partial charge in [0, 0.05) is 38.5 Å². The molecule has 0 spiro atoms. The van der Waals surface area contributed by atoms with Gasteiger partial charge in [0.15, 0.2) is 0 Å². The van der Waals surface area contributed by atoms with E-state index in [1.807, 2.05) is 29.9 Å². The van der Waals surface area contributed by atoms with E-state index in [2.05, 4.69) is 20.4 Å². The number of carbonyl (C=O) groups is 1. The number of aryl methyl sites for hydroxylation is 2. The van der Waals surface area contributed by atoms with Gasteiger partial charge < -0.3 is 19.0 Å². The van der Waals surface area contributed by atoms with Gasteiger partial charge in [-0.1, -0.05) is 5.16 Å². The second kappa shape index (κ2) is 6.99. The minimum Gasteiger partial charge on any atom is -0.348 e. The number of carbonyl (C=O) groups excluding carboxylic acids is 1. The number of nitrogens with one attached hydrogen (secondary N) is 2. The number of aromatic amines is 1. The maximum atomic E-state index is 11.9. The molecule has 3 aromatic heterocycles. The molecule has 0 aliphatic heterocycles. The Morgan fingerprint density at radius 2 is 2.16 bits per heavy atom. The minimum absolute atomic E-state index is 0.0742. The molecule has 1 amide bonds. The van der Waals surface area contributed by atoms with E-state index in [1.54, 1.807) is 0 Å². The van der Waals surface area contributed by atoms with Crippen LogP contribution in [-0.2, 0) is 24.9 Å². The van der Waals surface area contributed by atoms with Crippen molar-refractivity contribution in [2.45, 2.75) is 19.5 Å². The summed E-state index contributed by atoms with van der Waals surface area (Å²) in [6, 6.07) is 4.95. The maximum Gasteiger partial charge on any atom is 0.328 e. The van der Waals surface area contributed by atoms with Crippen molar-refractivity contribution in [3.05, 3.63) is 57.3 Å². The average molecular weight is 344 g/mol. The number of rotatable bonds is 6. The van der Waals surface area contributed by atoms with Crippen molar-refractivity contribution < 1.29 is 9.32 Å². The molecule has 10 heteroatoms. The van der Waals surface area contributed by atoms with Crippen molar-refractivity contribution in [3.63, 3.8) is 0 Å². The van der Waals surface area contributed by atoms with Crippen LogP contribution in [0.5, 0.6) is 0 Å². The first-order valence-electron chi connectivity index (χ1n) is 7.53. The number of H-pyrrole nitrogens is 1. The lowest BCUT2D eigenvalue weighted by molar-refractivity contribution is -0.121. The third-order valence-corrected chi connectivity index (χ3v) is 3.55. The van der Waals surface area contributed by atoms with Crippen LogP contribution < -0.4 is 16.6 Å². The second-order valence-corrected chi connectivity index (χ2v) is 5.35. The Morgan fingerprint density at radius 3 is 2.88 bits per heavy atom. The summed E-state index contributed by atoms with van der Waals surface area (Å²) in [5.41, 5.74) is -0.223. The molecule has 0 saturated carbocycles. The Labute approximate surface area is 141 Å². The molecule has 0 atom stereocenters. The van der Waals surface area contributed by atoms with Gasteiger partial charge in [0.1, 0.15) is 0 Å². The zero-order valence-corrected chi connectivity index (χ0v) is 13.4. The van der Waals surface area contributed by atoms with Crippen LogP contribution in [0, 0.1) is 0 Å². The molecule has 3 heterocycles. The van der Waals surface area contributed by atoms with E-state index in [9.17, 15) is 14.4 Å². The molecule has 3 rings (SSSR count). The molecule has 130 valence electrons. The SMILES string of the molecule is Cn1cccc1-c1noc(CNC(=O)CCn2ccc(=O)[nH]c2=O)n1. The number of nitrogens with zero attached hydrogens (tertiary/aromatic N) is 4. The summed E-state index contributed by atoms with van der Waals surface area (Å²) in [7, 11) is 1.87. The van der Waals surface area contributed by atoms with Crippen LogP contribution in [0.1, 0.15) is 12.3 Å². The predicted octanol–water partition coefficient (Wildman–Crippen LogP) is -0.368. The number of hydrogen-bond donors (Lipinski definition) is 2. The molecule has 10 nitrogen and oxygen atoms in total. The summed E-state index contributed by atoms with van der Waals surface area (Å²) < 4.78 is 8.21. The van der Waals surface area contributed by atoms with Crippen molar-refractivity contribution in [3.8, 4) is 11.5 Å². The highest BCUT2D eigenvalue weighted by Gasteiger charge is 2.12. The van der Waals surface area contributed by atoms with Gasteiger partial charge in [-0.25, -0.2) is 4.79 Å². The van der Waals surface area contributed by atoms with Crippen molar-refractivity contribution in [2.24, 2.45) is 7.05 Å². The predicted molar refractivity (Wildman–Crippen MR) is 86.5 cm³/mol.